The summed E-state index contributed by atoms with van der Waals surface area (Å²) >= 11 is 0. The van der Waals surface area contributed by atoms with E-state index < -0.39 is 0 Å². The molecule has 140 valence electrons. The Balaban J connectivity index is 2.20. The van der Waals surface area contributed by atoms with Gasteiger partial charge in [-0.2, -0.15) is 0 Å². The van der Waals surface area contributed by atoms with Gasteiger partial charge in [0.15, 0.2) is 6.23 Å². The summed E-state index contributed by atoms with van der Waals surface area (Å²) in [6.07, 6.45) is 0.386. The number of cyclic esters (lactones) is 1. The summed E-state index contributed by atoms with van der Waals surface area (Å²) in [4.78, 5) is 14.8. The molecule has 0 N–H and O–H groups in total. The van der Waals surface area contributed by atoms with E-state index in [0.717, 1.165) is 0 Å². The van der Waals surface area contributed by atoms with Crippen molar-refractivity contribution in [1.29, 1.82) is 0 Å². The van der Waals surface area contributed by atoms with E-state index >= 15 is 0 Å². The van der Waals surface area contributed by atoms with Crippen molar-refractivity contribution in [3.05, 3.63) is 35.9 Å². The molecule has 25 heavy (non-hydrogen) atoms. The Labute approximate surface area is 152 Å². The van der Waals surface area contributed by atoms with Gasteiger partial charge < -0.3 is 9.47 Å². The van der Waals surface area contributed by atoms with Crippen LogP contribution >= 0.6 is 0 Å². The molecule has 1 saturated heterocycles. The summed E-state index contributed by atoms with van der Waals surface area (Å²) in [6.45, 7) is 15.2. The van der Waals surface area contributed by atoms with Crippen LogP contribution in [0, 0.1) is 5.41 Å². The van der Waals surface area contributed by atoms with Crippen LogP contribution in [0.2, 0.25) is 0 Å². The van der Waals surface area contributed by atoms with Gasteiger partial charge in [-0.1, -0.05) is 51.1 Å². The predicted molar refractivity (Wildman–Crippen MR) is 100 cm³/mol. The largest absolute Gasteiger partial charge is 0.445 e. The van der Waals surface area contributed by atoms with E-state index in [1.165, 1.54) is 5.56 Å². The van der Waals surface area contributed by atoms with Crippen LogP contribution in [0.4, 0.5) is 0 Å². The van der Waals surface area contributed by atoms with Gasteiger partial charge in [0, 0.05) is 12.0 Å². The smallest absolute Gasteiger partial charge is 0.325 e. The number of nitrogens with zero attached hydrogens (tertiary/aromatic N) is 1. The predicted octanol–water partition coefficient (Wildman–Crippen LogP) is 4.38. The molecular weight excluding hydrogens is 314 g/mol. The van der Waals surface area contributed by atoms with Crippen molar-refractivity contribution in [2.75, 3.05) is 0 Å². The maximum Gasteiger partial charge on any atom is 0.325 e. The molecule has 0 radical (unpaired) electrons. The zero-order valence-corrected chi connectivity index (χ0v) is 16.7. The number of esters is 1. The number of hydrogen-bond acceptors (Lipinski definition) is 4. The zero-order valence-electron chi connectivity index (χ0n) is 16.7. The fourth-order valence-corrected chi connectivity index (χ4v) is 3.41. The summed E-state index contributed by atoms with van der Waals surface area (Å²) in [7, 11) is 0. The highest BCUT2D eigenvalue weighted by Crippen LogP contribution is 2.35. The Morgan fingerprint density at radius 2 is 1.72 bits per heavy atom. The number of hydrogen-bond donors (Lipinski definition) is 0. The molecule has 1 aliphatic rings. The van der Waals surface area contributed by atoms with Crippen molar-refractivity contribution < 1.29 is 14.3 Å². The molecule has 0 aromatic heterocycles. The summed E-state index contributed by atoms with van der Waals surface area (Å²) in [5.74, 6) is -0.139. The fourth-order valence-electron chi connectivity index (χ4n) is 3.41. The highest BCUT2D eigenvalue weighted by Gasteiger charge is 2.47. The molecule has 0 aliphatic carbocycles. The Morgan fingerprint density at radius 3 is 2.24 bits per heavy atom. The molecule has 2 rings (SSSR count). The molecule has 0 saturated carbocycles. The second-order valence-corrected chi connectivity index (χ2v) is 9.11. The number of rotatable bonds is 5. The standard InChI is InChI=1S/C21H33NO3/c1-15(25-21(5,6)7)13-17-18(23)24-19(20(2,3)4)22(17)14-16-11-9-8-10-12-16/h8-12,15,17,19H,13-14H2,1-7H3/t15?,17-,19+/m1/s1. The summed E-state index contributed by atoms with van der Waals surface area (Å²) in [5, 5.41) is 0. The molecule has 4 nitrogen and oxygen atoms in total. The number of carbonyl (C=O) groups is 1. The van der Waals surface area contributed by atoms with Gasteiger partial charge in [-0.3, -0.25) is 4.79 Å². The van der Waals surface area contributed by atoms with Gasteiger partial charge in [0.25, 0.3) is 0 Å². The minimum absolute atomic E-state index is 0.0189. The maximum absolute atomic E-state index is 12.6. The van der Waals surface area contributed by atoms with Crippen molar-refractivity contribution in [3.8, 4) is 0 Å². The second-order valence-electron chi connectivity index (χ2n) is 9.11. The number of benzene rings is 1. The van der Waals surface area contributed by atoms with E-state index in [0.29, 0.717) is 13.0 Å². The third-order valence-electron chi connectivity index (χ3n) is 4.26. The Kier molecular flexibility index (Phi) is 5.95. The van der Waals surface area contributed by atoms with Crippen LogP contribution in [-0.2, 0) is 20.8 Å². The van der Waals surface area contributed by atoms with Gasteiger partial charge >= 0.3 is 5.97 Å². The highest BCUT2D eigenvalue weighted by molar-refractivity contribution is 5.78. The van der Waals surface area contributed by atoms with Crippen LogP contribution in [-0.4, -0.2) is 34.8 Å². The van der Waals surface area contributed by atoms with Gasteiger partial charge in [-0.25, -0.2) is 4.90 Å². The molecule has 1 aliphatic heterocycles. The summed E-state index contributed by atoms with van der Waals surface area (Å²) in [5.41, 5.74) is 0.813. The molecule has 1 unspecified atom stereocenters. The minimum atomic E-state index is -0.276. The fraction of sp³-hybridized carbons (Fsp3) is 0.667. The first kappa shape index (κ1) is 19.9. The number of carbonyl (C=O) groups excluding carboxylic acids is 1. The van der Waals surface area contributed by atoms with Crippen molar-refractivity contribution >= 4 is 5.97 Å². The van der Waals surface area contributed by atoms with Crippen LogP contribution in [0.1, 0.15) is 60.5 Å². The normalized spacial score (nSPS) is 23.6. The average molecular weight is 347 g/mol. The van der Waals surface area contributed by atoms with Crippen molar-refractivity contribution in [3.63, 3.8) is 0 Å². The van der Waals surface area contributed by atoms with E-state index in [2.05, 4.69) is 37.8 Å². The Morgan fingerprint density at radius 1 is 1.12 bits per heavy atom. The van der Waals surface area contributed by atoms with Crippen LogP contribution in [0.15, 0.2) is 30.3 Å². The molecule has 3 atom stereocenters. The van der Waals surface area contributed by atoms with Crippen molar-refractivity contribution in [2.24, 2.45) is 5.41 Å². The van der Waals surface area contributed by atoms with Crippen LogP contribution in [0.5, 0.6) is 0 Å². The van der Waals surface area contributed by atoms with Crippen LogP contribution in [0.3, 0.4) is 0 Å². The third-order valence-corrected chi connectivity index (χ3v) is 4.26. The summed E-state index contributed by atoms with van der Waals surface area (Å²) < 4.78 is 11.8. The Hall–Kier alpha value is -1.39. The van der Waals surface area contributed by atoms with E-state index in [1.807, 2.05) is 45.9 Å². The van der Waals surface area contributed by atoms with Gasteiger partial charge in [-0.15, -0.1) is 0 Å². The lowest BCUT2D eigenvalue weighted by atomic mass is 9.92. The highest BCUT2D eigenvalue weighted by atomic mass is 16.6. The van der Waals surface area contributed by atoms with Gasteiger partial charge in [-0.05, 0) is 39.7 Å². The third kappa shape index (κ3) is 5.55. The molecule has 0 amide bonds. The molecule has 0 bridgehead atoms. The van der Waals surface area contributed by atoms with Crippen molar-refractivity contribution in [1.82, 2.24) is 4.90 Å². The topological polar surface area (TPSA) is 38.8 Å². The quantitative estimate of drug-likeness (QED) is 0.741. The molecule has 1 heterocycles. The molecule has 4 heteroatoms. The Bertz CT molecular complexity index is 571. The lowest BCUT2D eigenvalue weighted by Crippen LogP contribution is -2.45. The van der Waals surface area contributed by atoms with E-state index in [4.69, 9.17) is 9.47 Å². The maximum atomic E-state index is 12.6. The molecule has 1 aromatic carbocycles. The zero-order chi connectivity index (χ0) is 18.8. The molecule has 1 aromatic rings. The first-order chi connectivity index (χ1) is 11.5. The average Bonchev–Trinajstić information content (AvgIpc) is 2.75. The van der Waals surface area contributed by atoms with Crippen LogP contribution < -0.4 is 0 Å². The monoisotopic (exact) mass is 347 g/mol. The van der Waals surface area contributed by atoms with E-state index in [9.17, 15) is 4.79 Å². The summed E-state index contributed by atoms with van der Waals surface area (Å²) in [6, 6.07) is 9.97. The lowest BCUT2D eigenvalue weighted by molar-refractivity contribution is -0.148. The van der Waals surface area contributed by atoms with E-state index in [-0.39, 0.29) is 35.4 Å². The first-order valence-corrected chi connectivity index (χ1v) is 9.15. The van der Waals surface area contributed by atoms with E-state index in [1.54, 1.807) is 0 Å². The lowest BCUT2D eigenvalue weighted by Gasteiger charge is -2.35. The first-order valence-electron chi connectivity index (χ1n) is 9.15. The second kappa shape index (κ2) is 7.46. The SMILES string of the molecule is CC(C[C@@H]1C(=O)O[C@@H](C(C)(C)C)N1Cc1ccccc1)OC(C)(C)C. The molecule has 0 spiro atoms. The number of ether oxygens (including phenoxy) is 2. The van der Waals surface area contributed by atoms with Gasteiger partial charge in [0.1, 0.15) is 6.04 Å². The van der Waals surface area contributed by atoms with Gasteiger partial charge in [0.2, 0.25) is 0 Å². The van der Waals surface area contributed by atoms with Crippen molar-refractivity contribution in [2.45, 2.75) is 85.4 Å². The molecular formula is C21H33NO3. The molecule has 1 fully saturated rings. The van der Waals surface area contributed by atoms with Gasteiger partial charge in [0.05, 0.1) is 11.7 Å². The minimum Gasteiger partial charge on any atom is -0.445 e. The van der Waals surface area contributed by atoms with Crippen LogP contribution in [0.25, 0.3) is 0 Å².